The van der Waals surface area contributed by atoms with Gasteiger partial charge in [0.05, 0.1) is 24.5 Å². The van der Waals surface area contributed by atoms with E-state index in [1.165, 1.54) is 23.7 Å². The van der Waals surface area contributed by atoms with Crippen molar-refractivity contribution in [1.29, 1.82) is 0 Å². The highest BCUT2D eigenvalue weighted by Gasteiger charge is 2.47. The van der Waals surface area contributed by atoms with Gasteiger partial charge in [0.1, 0.15) is 16.6 Å². The molecular formula is C22H21F3N4O4S. The van der Waals surface area contributed by atoms with Crippen LogP contribution < -0.4 is 10.6 Å². The lowest BCUT2D eigenvalue weighted by Crippen LogP contribution is -2.35. The maximum Gasteiger partial charge on any atom is 0.410 e. The normalized spacial score (nSPS) is 19.3. The van der Waals surface area contributed by atoms with E-state index in [9.17, 15) is 22.8 Å². The highest BCUT2D eigenvalue weighted by Crippen LogP contribution is 2.44. The molecule has 3 aromatic rings. The van der Waals surface area contributed by atoms with Crippen LogP contribution in [0.4, 0.5) is 24.0 Å². The van der Waals surface area contributed by atoms with Crippen LogP contribution >= 0.6 is 11.3 Å². The second-order valence-corrected chi connectivity index (χ2v) is 9.21. The number of aryl methyl sites for hydroxylation is 1. The van der Waals surface area contributed by atoms with Crippen molar-refractivity contribution in [3.05, 3.63) is 51.9 Å². The lowest BCUT2D eigenvalue weighted by Gasteiger charge is -2.32. The Morgan fingerprint density at radius 1 is 1.38 bits per heavy atom. The highest BCUT2D eigenvalue weighted by molar-refractivity contribution is 7.17. The second-order valence-electron chi connectivity index (χ2n) is 8.10. The third kappa shape index (κ3) is 3.95. The van der Waals surface area contributed by atoms with E-state index in [-0.39, 0.29) is 24.5 Å². The number of amides is 1. The first-order valence-corrected chi connectivity index (χ1v) is 11.7. The molecule has 0 aromatic carbocycles. The number of fused-ring (bicyclic) bond motifs is 2. The van der Waals surface area contributed by atoms with Crippen molar-refractivity contribution >= 4 is 34.0 Å². The molecule has 12 heteroatoms. The Balaban J connectivity index is 1.44. The van der Waals surface area contributed by atoms with Gasteiger partial charge in [0, 0.05) is 17.4 Å². The van der Waals surface area contributed by atoms with E-state index < -0.39 is 30.1 Å². The fraction of sp³-hybridized carbons (Fsp3) is 0.409. The SMILES string of the molecule is CCOC(=O)c1c(NC(=O)c2cc3n(n2)[C@@H](C(F)(F)F)C[C@@H](c2ccco2)N3)sc2c1CCC2. The molecule has 8 nitrogen and oxygen atoms in total. The van der Waals surface area contributed by atoms with Crippen LogP contribution in [0, 0.1) is 0 Å². The Kier molecular flexibility index (Phi) is 5.62. The van der Waals surface area contributed by atoms with Gasteiger partial charge in [-0.3, -0.25) is 4.79 Å². The van der Waals surface area contributed by atoms with E-state index in [4.69, 9.17) is 9.15 Å². The zero-order valence-electron chi connectivity index (χ0n) is 18.1. The van der Waals surface area contributed by atoms with Crippen molar-refractivity contribution in [1.82, 2.24) is 9.78 Å². The van der Waals surface area contributed by atoms with Crippen molar-refractivity contribution < 1.29 is 31.9 Å². The van der Waals surface area contributed by atoms with E-state index >= 15 is 0 Å². The number of ether oxygens (including phenoxy) is 1. The van der Waals surface area contributed by atoms with Crippen molar-refractivity contribution in [2.75, 3.05) is 17.2 Å². The zero-order valence-corrected chi connectivity index (χ0v) is 18.9. The predicted octanol–water partition coefficient (Wildman–Crippen LogP) is 5.12. The average Bonchev–Trinajstić information content (AvgIpc) is 3.54. The molecule has 1 amide bonds. The number of esters is 1. The summed E-state index contributed by atoms with van der Waals surface area (Å²) in [6.45, 7) is 1.88. The number of furan rings is 1. The van der Waals surface area contributed by atoms with Gasteiger partial charge in [-0.1, -0.05) is 0 Å². The summed E-state index contributed by atoms with van der Waals surface area (Å²) >= 11 is 1.29. The molecule has 2 N–H and O–H groups in total. The Hall–Kier alpha value is -3.28. The second kappa shape index (κ2) is 8.49. The fourth-order valence-electron chi connectivity index (χ4n) is 4.44. The molecule has 2 aliphatic rings. The van der Waals surface area contributed by atoms with Gasteiger partial charge in [-0.2, -0.15) is 18.3 Å². The van der Waals surface area contributed by atoms with Gasteiger partial charge >= 0.3 is 12.1 Å². The summed E-state index contributed by atoms with van der Waals surface area (Å²) in [6, 6.07) is 1.81. The van der Waals surface area contributed by atoms with Gasteiger partial charge in [-0.15, -0.1) is 11.3 Å². The molecule has 180 valence electrons. The number of alkyl halides is 3. The summed E-state index contributed by atoms with van der Waals surface area (Å²) < 4.78 is 52.7. The van der Waals surface area contributed by atoms with Crippen LogP contribution in [-0.4, -0.2) is 34.4 Å². The summed E-state index contributed by atoms with van der Waals surface area (Å²) in [5.74, 6) is -0.814. The minimum absolute atomic E-state index is 0.0550. The van der Waals surface area contributed by atoms with E-state index in [0.29, 0.717) is 22.7 Å². The molecule has 3 aromatic heterocycles. The zero-order chi connectivity index (χ0) is 24.0. The van der Waals surface area contributed by atoms with Crippen molar-refractivity contribution in [3.8, 4) is 0 Å². The number of hydrogen-bond acceptors (Lipinski definition) is 7. The monoisotopic (exact) mass is 494 g/mol. The van der Waals surface area contributed by atoms with Gasteiger partial charge < -0.3 is 19.8 Å². The number of aromatic nitrogens is 2. The van der Waals surface area contributed by atoms with Crippen LogP contribution in [-0.2, 0) is 17.6 Å². The minimum Gasteiger partial charge on any atom is -0.467 e. The van der Waals surface area contributed by atoms with Gasteiger partial charge in [0.25, 0.3) is 5.91 Å². The largest absolute Gasteiger partial charge is 0.467 e. The van der Waals surface area contributed by atoms with Crippen LogP contribution in [0.15, 0.2) is 28.9 Å². The van der Waals surface area contributed by atoms with Crippen LogP contribution in [0.2, 0.25) is 0 Å². The number of anilines is 2. The number of carbonyl (C=O) groups excluding carboxylic acids is 2. The number of nitrogens with one attached hydrogen (secondary N) is 2. The maximum atomic E-state index is 13.8. The third-order valence-electron chi connectivity index (χ3n) is 5.94. The van der Waals surface area contributed by atoms with Crippen molar-refractivity contribution in [3.63, 3.8) is 0 Å². The number of thiophene rings is 1. The first kappa shape index (κ1) is 22.5. The number of halogens is 3. The van der Waals surface area contributed by atoms with Crippen LogP contribution in [0.5, 0.6) is 0 Å². The topological polar surface area (TPSA) is 98.4 Å². The summed E-state index contributed by atoms with van der Waals surface area (Å²) in [7, 11) is 0. The first-order chi connectivity index (χ1) is 16.3. The number of carbonyl (C=O) groups is 2. The predicted molar refractivity (Wildman–Crippen MR) is 117 cm³/mol. The summed E-state index contributed by atoms with van der Waals surface area (Å²) in [4.78, 5) is 26.5. The van der Waals surface area contributed by atoms with E-state index in [0.717, 1.165) is 28.0 Å². The highest BCUT2D eigenvalue weighted by atomic mass is 32.1. The average molecular weight is 494 g/mol. The molecule has 0 saturated heterocycles. The molecule has 34 heavy (non-hydrogen) atoms. The standard InChI is InChI=1S/C22H21F3N4O4S/c1-2-32-21(31)18-11-5-3-7-15(11)34-20(18)27-19(30)13-10-17-26-12(14-6-4-8-33-14)9-16(22(23,24)25)29(17)28-13/h4,6,8,10,12,16,26H,2-3,5,7,9H2,1H3,(H,27,30)/t12-,16+/m0/s1. The van der Waals surface area contributed by atoms with Gasteiger partial charge in [0.2, 0.25) is 0 Å². The Morgan fingerprint density at radius 3 is 2.91 bits per heavy atom. The molecule has 0 bridgehead atoms. The lowest BCUT2D eigenvalue weighted by atomic mass is 10.0. The number of hydrogen-bond donors (Lipinski definition) is 2. The quantitative estimate of drug-likeness (QED) is 0.478. The molecule has 0 unspecified atom stereocenters. The smallest absolute Gasteiger partial charge is 0.410 e. The van der Waals surface area contributed by atoms with E-state index in [1.54, 1.807) is 19.1 Å². The van der Waals surface area contributed by atoms with Crippen molar-refractivity contribution in [2.45, 2.75) is 50.9 Å². The molecule has 0 radical (unpaired) electrons. The third-order valence-corrected chi connectivity index (χ3v) is 7.14. The summed E-state index contributed by atoms with van der Waals surface area (Å²) in [5, 5.41) is 9.94. The van der Waals surface area contributed by atoms with Crippen molar-refractivity contribution in [2.24, 2.45) is 0 Å². The van der Waals surface area contributed by atoms with E-state index in [1.807, 2.05) is 0 Å². The maximum absolute atomic E-state index is 13.8. The molecule has 2 atom stereocenters. The summed E-state index contributed by atoms with van der Waals surface area (Å²) in [5.41, 5.74) is 0.990. The molecule has 0 fully saturated rings. The Bertz CT molecular complexity index is 1230. The van der Waals surface area contributed by atoms with Crippen LogP contribution in [0.3, 0.4) is 0 Å². The molecular weight excluding hydrogens is 473 g/mol. The molecule has 5 rings (SSSR count). The van der Waals surface area contributed by atoms with Crippen LogP contribution in [0.25, 0.3) is 0 Å². The molecule has 1 aliphatic heterocycles. The molecule has 4 heterocycles. The van der Waals surface area contributed by atoms with E-state index in [2.05, 4.69) is 15.7 Å². The van der Waals surface area contributed by atoms with Crippen LogP contribution in [0.1, 0.15) is 68.9 Å². The fourth-order valence-corrected chi connectivity index (χ4v) is 5.71. The van der Waals surface area contributed by atoms with Gasteiger partial charge in [-0.05, 0) is 43.9 Å². The number of rotatable bonds is 5. The summed E-state index contributed by atoms with van der Waals surface area (Å²) in [6.07, 6.45) is -1.10. The molecule has 0 saturated carbocycles. The molecule has 1 aliphatic carbocycles. The first-order valence-electron chi connectivity index (χ1n) is 10.9. The minimum atomic E-state index is -4.58. The molecule has 0 spiro atoms. The lowest BCUT2D eigenvalue weighted by molar-refractivity contribution is -0.174. The van der Waals surface area contributed by atoms with Gasteiger partial charge in [0.15, 0.2) is 11.7 Å². The van der Waals surface area contributed by atoms with Gasteiger partial charge in [-0.25, -0.2) is 9.48 Å². The Morgan fingerprint density at radius 2 is 2.21 bits per heavy atom. The number of nitrogens with zero attached hydrogens (tertiary/aromatic N) is 2. The Labute approximate surface area is 196 Å².